The first-order valence-corrected chi connectivity index (χ1v) is 19.3. The van der Waals surface area contributed by atoms with Crippen molar-refractivity contribution in [3.05, 3.63) is 12.7 Å². The van der Waals surface area contributed by atoms with Gasteiger partial charge in [-0.15, -0.1) is 6.58 Å². The summed E-state index contributed by atoms with van der Waals surface area (Å²) in [5, 5.41) is 11.6. The van der Waals surface area contributed by atoms with Crippen LogP contribution in [0, 0.1) is 22.2 Å². The van der Waals surface area contributed by atoms with Gasteiger partial charge in [0.2, 0.25) is 23.5 Å². The molecule has 4 rings (SSSR count). The van der Waals surface area contributed by atoms with Gasteiger partial charge in [0.25, 0.3) is 5.91 Å². The number of piperidine rings is 1. The van der Waals surface area contributed by atoms with Crippen LogP contribution in [0.1, 0.15) is 125 Å². The number of hydrogen-bond donors (Lipinski definition) is 4. The molecule has 12 heteroatoms. The summed E-state index contributed by atoms with van der Waals surface area (Å²) in [6, 6.07) is -3.51. The molecule has 0 aromatic rings. The van der Waals surface area contributed by atoms with E-state index in [9.17, 15) is 28.8 Å². The predicted octanol–water partition coefficient (Wildman–Crippen LogP) is 4.23. The van der Waals surface area contributed by atoms with Crippen molar-refractivity contribution in [2.24, 2.45) is 22.2 Å². The number of carbonyl (C=O) groups excluding carboxylic acids is 6. The zero-order valence-corrected chi connectivity index (χ0v) is 32.0. The summed E-state index contributed by atoms with van der Waals surface area (Å²) in [5.74, 6) is -1.88. The van der Waals surface area contributed by atoms with Crippen molar-refractivity contribution in [2.75, 3.05) is 26.2 Å². The topological polar surface area (TPSA) is 157 Å². The Morgan fingerprint density at radius 2 is 1.59 bits per heavy atom. The number of hydrogen-bond acceptors (Lipinski definition) is 6. The predicted molar refractivity (Wildman–Crippen MR) is 196 cm³/mol. The lowest BCUT2D eigenvalue weighted by atomic mass is 9.70. The van der Waals surface area contributed by atoms with Crippen LogP contribution < -0.4 is 21.3 Å². The third-order valence-electron chi connectivity index (χ3n) is 11.9. The minimum absolute atomic E-state index is 0.0456. The maximum atomic E-state index is 14.6. The van der Waals surface area contributed by atoms with Crippen LogP contribution in [-0.2, 0) is 24.0 Å². The Morgan fingerprint density at radius 1 is 0.902 bits per heavy atom. The van der Waals surface area contributed by atoms with Gasteiger partial charge in [0.1, 0.15) is 12.1 Å². The number of ketones is 1. The molecule has 2 saturated heterocycles. The number of nitrogens with one attached hydrogen (secondary N) is 4. The monoisotopic (exact) mass is 712 g/mol. The Morgan fingerprint density at radius 3 is 2.18 bits per heavy atom. The van der Waals surface area contributed by atoms with Crippen LogP contribution in [0.5, 0.6) is 0 Å². The van der Waals surface area contributed by atoms with E-state index >= 15 is 0 Å². The second kappa shape index (κ2) is 16.9. The van der Waals surface area contributed by atoms with Crippen molar-refractivity contribution in [1.29, 1.82) is 0 Å². The van der Waals surface area contributed by atoms with Crippen molar-refractivity contribution in [2.45, 2.75) is 149 Å². The molecule has 0 aromatic heterocycles. The van der Waals surface area contributed by atoms with E-state index in [1.165, 1.54) is 6.08 Å². The van der Waals surface area contributed by atoms with E-state index in [-0.39, 0.29) is 41.1 Å². The van der Waals surface area contributed by atoms with Gasteiger partial charge in [-0.05, 0) is 60.7 Å². The van der Waals surface area contributed by atoms with E-state index < -0.39 is 47.2 Å². The molecule has 0 aromatic carbocycles. The average Bonchev–Trinajstić information content (AvgIpc) is 3.53. The highest BCUT2D eigenvalue weighted by Gasteiger charge is 2.47. The Balaban J connectivity index is 1.50. The summed E-state index contributed by atoms with van der Waals surface area (Å²) in [5.41, 5.74) is -0.934. The van der Waals surface area contributed by atoms with Gasteiger partial charge in [-0.3, -0.25) is 24.0 Å². The highest BCUT2D eigenvalue weighted by molar-refractivity contribution is 6.38. The second-order valence-electron chi connectivity index (χ2n) is 17.8. The SMILES string of the molecule is C=CCNC(=O)C(=O)C(CC1CCC1)NC(=O)[C@@H]1CCCN1C(=O)[C@@H](NC(=O)N[C@H](CN1CCC(C)(C)CC1=O)C(C)(C)C)C1(C)CCCCC1. The molecular weight excluding hydrogens is 648 g/mol. The van der Waals surface area contributed by atoms with E-state index in [0.717, 1.165) is 57.8 Å². The van der Waals surface area contributed by atoms with Gasteiger partial charge >= 0.3 is 6.03 Å². The van der Waals surface area contributed by atoms with Crippen LogP contribution >= 0.6 is 0 Å². The lowest BCUT2D eigenvalue weighted by molar-refractivity contribution is -0.144. The largest absolute Gasteiger partial charge is 0.346 e. The Kier molecular flexibility index (Phi) is 13.4. The van der Waals surface area contributed by atoms with Crippen molar-refractivity contribution >= 4 is 35.4 Å². The van der Waals surface area contributed by atoms with Crippen molar-refractivity contribution in [3.8, 4) is 0 Å². The first kappa shape index (κ1) is 40.3. The molecular formula is C39H64N6O6. The fourth-order valence-corrected chi connectivity index (χ4v) is 8.07. The van der Waals surface area contributed by atoms with Crippen molar-refractivity contribution in [3.63, 3.8) is 0 Å². The van der Waals surface area contributed by atoms with Crippen LogP contribution in [-0.4, -0.2) is 95.6 Å². The molecule has 4 atom stereocenters. The number of urea groups is 1. The first-order chi connectivity index (χ1) is 23.9. The number of carbonyl (C=O) groups is 6. The molecule has 2 saturated carbocycles. The van der Waals surface area contributed by atoms with Gasteiger partial charge in [0, 0.05) is 32.6 Å². The van der Waals surface area contributed by atoms with E-state index in [2.05, 4.69) is 41.7 Å². The molecule has 0 spiro atoms. The van der Waals surface area contributed by atoms with Crippen LogP contribution in [0.3, 0.4) is 0 Å². The average molecular weight is 713 g/mol. The quantitative estimate of drug-likeness (QED) is 0.156. The van der Waals surface area contributed by atoms with Crippen LogP contribution in [0.15, 0.2) is 12.7 Å². The second-order valence-corrected chi connectivity index (χ2v) is 17.8. The maximum Gasteiger partial charge on any atom is 0.315 e. The Hall–Kier alpha value is -3.44. The number of amides is 6. The summed E-state index contributed by atoms with van der Waals surface area (Å²) in [6.07, 6.45) is 11.6. The smallest absolute Gasteiger partial charge is 0.315 e. The lowest BCUT2D eigenvalue weighted by Gasteiger charge is -2.43. The van der Waals surface area contributed by atoms with E-state index in [4.69, 9.17) is 0 Å². The van der Waals surface area contributed by atoms with Crippen molar-refractivity contribution < 1.29 is 28.8 Å². The van der Waals surface area contributed by atoms with Gasteiger partial charge in [-0.2, -0.15) is 0 Å². The molecule has 0 radical (unpaired) electrons. The summed E-state index contributed by atoms with van der Waals surface area (Å²) < 4.78 is 0. The third-order valence-corrected chi connectivity index (χ3v) is 11.9. The van der Waals surface area contributed by atoms with E-state index in [1.54, 1.807) is 4.90 Å². The summed E-state index contributed by atoms with van der Waals surface area (Å²) in [7, 11) is 0. The molecule has 2 aliphatic heterocycles. The van der Waals surface area contributed by atoms with Gasteiger partial charge in [-0.1, -0.05) is 86.1 Å². The molecule has 51 heavy (non-hydrogen) atoms. The minimum Gasteiger partial charge on any atom is -0.346 e. The Labute approximate surface area is 305 Å². The molecule has 4 fully saturated rings. The van der Waals surface area contributed by atoms with Gasteiger partial charge in [-0.25, -0.2) is 4.79 Å². The molecule has 2 aliphatic carbocycles. The number of nitrogens with zero attached hydrogens (tertiary/aromatic N) is 2. The minimum atomic E-state index is -0.979. The van der Waals surface area contributed by atoms with Gasteiger partial charge in [0.15, 0.2) is 0 Å². The normalized spacial score (nSPS) is 23.6. The Bertz CT molecular complexity index is 1310. The standard InChI is InChI=1S/C39H64N6O6/c1-8-20-40-34(49)31(47)27(23-26-14-12-15-26)41-33(48)28-16-13-21-45(28)35(50)32(39(7)17-10-9-11-18-39)43-36(51)42-29(37(2,3)4)25-44-22-19-38(5,6)24-30(44)46/h8,26-29,32H,1,9-25H2,2-7H3,(H,40,49)(H,41,48)(H2,42,43,51)/t27?,28-,29+,32+/m0/s1. The third kappa shape index (κ3) is 10.6. The van der Waals surface area contributed by atoms with Crippen molar-refractivity contribution in [1.82, 2.24) is 31.1 Å². The fraction of sp³-hybridized carbons (Fsp3) is 0.795. The maximum absolute atomic E-state index is 14.6. The zero-order valence-electron chi connectivity index (χ0n) is 32.0. The molecule has 6 amide bonds. The van der Waals surface area contributed by atoms with Crippen LogP contribution in [0.4, 0.5) is 4.79 Å². The number of likely N-dealkylation sites (tertiary alicyclic amines) is 2. The molecule has 0 bridgehead atoms. The molecule has 2 heterocycles. The zero-order chi connectivity index (χ0) is 37.6. The number of rotatable bonds is 14. The summed E-state index contributed by atoms with van der Waals surface area (Å²) >= 11 is 0. The van der Waals surface area contributed by atoms with E-state index in [1.807, 2.05) is 32.6 Å². The van der Waals surface area contributed by atoms with E-state index in [0.29, 0.717) is 45.3 Å². The summed E-state index contributed by atoms with van der Waals surface area (Å²) in [4.78, 5) is 84.6. The lowest BCUT2D eigenvalue weighted by Crippen LogP contribution is -2.63. The van der Waals surface area contributed by atoms with Crippen LogP contribution in [0.2, 0.25) is 0 Å². The fourth-order valence-electron chi connectivity index (χ4n) is 8.07. The highest BCUT2D eigenvalue weighted by Crippen LogP contribution is 2.40. The molecule has 4 N–H and O–H groups in total. The highest BCUT2D eigenvalue weighted by atomic mass is 16.2. The van der Waals surface area contributed by atoms with Gasteiger partial charge < -0.3 is 31.1 Å². The summed E-state index contributed by atoms with van der Waals surface area (Å²) in [6.45, 7) is 17.4. The molecule has 12 nitrogen and oxygen atoms in total. The first-order valence-electron chi connectivity index (χ1n) is 19.3. The molecule has 1 unspecified atom stereocenters. The van der Waals surface area contributed by atoms with Crippen LogP contribution in [0.25, 0.3) is 0 Å². The number of Topliss-reactive ketones (excluding diaryl/α,β-unsaturated/α-hetero) is 1. The molecule has 4 aliphatic rings. The molecule has 286 valence electrons. The van der Waals surface area contributed by atoms with Gasteiger partial charge in [0.05, 0.1) is 12.1 Å².